The number of ether oxygens (including phenoxy) is 3. The first-order chi connectivity index (χ1) is 11.4. The van der Waals surface area contributed by atoms with Crippen molar-refractivity contribution in [3.05, 3.63) is 18.2 Å². The standard InChI is InChI=1S/C15H20N2O6S/c1-21-11-3-4-13(12(9-11)22-2)24(19,20)17-7-5-15(6-8-17)10-16-14(18)23-15/h3-4,9H,5-8,10H2,1-2H3,(H,16,18). The highest BCUT2D eigenvalue weighted by atomic mass is 32.2. The van der Waals surface area contributed by atoms with E-state index in [1.807, 2.05) is 0 Å². The van der Waals surface area contributed by atoms with E-state index in [0.717, 1.165) is 0 Å². The lowest BCUT2D eigenvalue weighted by molar-refractivity contribution is 0.0173. The highest BCUT2D eigenvalue weighted by Gasteiger charge is 2.45. The molecule has 0 aromatic heterocycles. The van der Waals surface area contributed by atoms with E-state index in [4.69, 9.17) is 14.2 Å². The molecular weight excluding hydrogens is 336 g/mol. The van der Waals surface area contributed by atoms with Crippen LogP contribution in [0.4, 0.5) is 4.79 Å². The maximum atomic E-state index is 12.9. The van der Waals surface area contributed by atoms with Crippen LogP contribution >= 0.6 is 0 Å². The van der Waals surface area contributed by atoms with Crippen molar-refractivity contribution in [2.75, 3.05) is 33.9 Å². The molecule has 24 heavy (non-hydrogen) atoms. The molecule has 1 aromatic rings. The summed E-state index contributed by atoms with van der Waals surface area (Å²) in [6, 6.07) is 4.61. The molecule has 1 amide bonds. The van der Waals surface area contributed by atoms with Crippen molar-refractivity contribution >= 4 is 16.1 Å². The van der Waals surface area contributed by atoms with Crippen molar-refractivity contribution in [1.82, 2.24) is 9.62 Å². The van der Waals surface area contributed by atoms with Gasteiger partial charge in [-0.25, -0.2) is 13.2 Å². The molecule has 0 bridgehead atoms. The van der Waals surface area contributed by atoms with Crippen molar-refractivity contribution in [3.63, 3.8) is 0 Å². The molecule has 1 N–H and O–H groups in total. The van der Waals surface area contributed by atoms with Crippen molar-refractivity contribution in [2.45, 2.75) is 23.3 Å². The Hall–Kier alpha value is -2.00. The first-order valence-electron chi connectivity index (χ1n) is 7.59. The van der Waals surface area contributed by atoms with E-state index in [-0.39, 0.29) is 23.7 Å². The predicted molar refractivity (Wildman–Crippen MR) is 84.8 cm³/mol. The second-order valence-electron chi connectivity index (χ2n) is 5.85. The van der Waals surface area contributed by atoms with Gasteiger partial charge in [0.2, 0.25) is 10.0 Å². The van der Waals surface area contributed by atoms with Crippen LogP contribution in [0.5, 0.6) is 11.5 Å². The van der Waals surface area contributed by atoms with Crippen LogP contribution in [-0.4, -0.2) is 58.3 Å². The third kappa shape index (κ3) is 2.89. The van der Waals surface area contributed by atoms with Crippen LogP contribution in [0, 0.1) is 0 Å². The van der Waals surface area contributed by atoms with Crippen LogP contribution in [0.3, 0.4) is 0 Å². The summed E-state index contributed by atoms with van der Waals surface area (Å²) < 4.78 is 42.9. The number of benzene rings is 1. The number of sulfonamides is 1. The van der Waals surface area contributed by atoms with Gasteiger partial charge >= 0.3 is 6.09 Å². The number of alkyl carbamates (subject to hydrolysis) is 1. The molecular formula is C15H20N2O6S. The number of nitrogens with zero attached hydrogens (tertiary/aromatic N) is 1. The van der Waals surface area contributed by atoms with Gasteiger partial charge < -0.3 is 19.5 Å². The van der Waals surface area contributed by atoms with Gasteiger partial charge in [-0.1, -0.05) is 0 Å². The van der Waals surface area contributed by atoms with Gasteiger partial charge in [-0.2, -0.15) is 4.31 Å². The molecule has 0 saturated carbocycles. The molecule has 1 spiro atoms. The van der Waals surface area contributed by atoms with Crippen LogP contribution < -0.4 is 14.8 Å². The zero-order valence-electron chi connectivity index (χ0n) is 13.6. The number of carbonyl (C=O) groups excluding carboxylic acids is 1. The van der Waals surface area contributed by atoms with E-state index in [2.05, 4.69) is 5.32 Å². The van der Waals surface area contributed by atoms with E-state index in [9.17, 15) is 13.2 Å². The van der Waals surface area contributed by atoms with E-state index in [0.29, 0.717) is 25.1 Å². The molecule has 3 rings (SSSR count). The van der Waals surface area contributed by atoms with Crippen molar-refractivity contribution in [1.29, 1.82) is 0 Å². The van der Waals surface area contributed by atoms with Gasteiger partial charge in [0.25, 0.3) is 0 Å². The summed E-state index contributed by atoms with van der Waals surface area (Å²) in [4.78, 5) is 11.4. The molecule has 1 aromatic carbocycles. The third-order valence-electron chi connectivity index (χ3n) is 4.49. The van der Waals surface area contributed by atoms with Crippen molar-refractivity contribution in [3.8, 4) is 11.5 Å². The summed E-state index contributed by atoms with van der Waals surface area (Å²) in [7, 11) is -0.774. The number of hydrogen-bond acceptors (Lipinski definition) is 6. The maximum Gasteiger partial charge on any atom is 0.407 e. The second kappa shape index (κ2) is 6.14. The lowest BCUT2D eigenvalue weighted by Gasteiger charge is -2.36. The number of carbonyl (C=O) groups is 1. The molecule has 0 radical (unpaired) electrons. The Morgan fingerprint density at radius 2 is 1.92 bits per heavy atom. The van der Waals surface area contributed by atoms with Crippen LogP contribution in [0.1, 0.15) is 12.8 Å². The zero-order chi connectivity index (χ0) is 17.4. The number of hydrogen-bond donors (Lipinski definition) is 1. The van der Waals surface area contributed by atoms with Crippen molar-refractivity contribution in [2.24, 2.45) is 0 Å². The average molecular weight is 356 g/mol. The Morgan fingerprint density at radius 3 is 2.46 bits per heavy atom. The highest BCUT2D eigenvalue weighted by molar-refractivity contribution is 7.89. The fourth-order valence-corrected chi connectivity index (χ4v) is 4.62. The number of amides is 1. The minimum absolute atomic E-state index is 0.100. The van der Waals surface area contributed by atoms with Gasteiger partial charge in [0.05, 0.1) is 20.8 Å². The Labute approximate surface area is 140 Å². The molecule has 9 heteroatoms. The zero-order valence-corrected chi connectivity index (χ0v) is 14.4. The highest BCUT2D eigenvalue weighted by Crippen LogP contribution is 2.35. The quantitative estimate of drug-likeness (QED) is 0.864. The average Bonchev–Trinajstić information content (AvgIpc) is 2.94. The Kier molecular flexibility index (Phi) is 4.31. The Morgan fingerprint density at radius 1 is 1.21 bits per heavy atom. The summed E-state index contributed by atoms with van der Waals surface area (Å²) in [6.07, 6.45) is 0.482. The summed E-state index contributed by atoms with van der Waals surface area (Å²) in [5.74, 6) is 0.760. The molecule has 0 atom stereocenters. The van der Waals surface area contributed by atoms with E-state index in [1.165, 1.54) is 24.6 Å². The lowest BCUT2D eigenvalue weighted by atomic mass is 9.93. The van der Waals surface area contributed by atoms with Gasteiger partial charge in [0.1, 0.15) is 22.0 Å². The van der Waals surface area contributed by atoms with Gasteiger partial charge in [0, 0.05) is 32.0 Å². The third-order valence-corrected chi connectivity index (χ3v) is 6.42. The number of piperidine rings is 1. The Balaban J connectivity index is 1.81. The molecule has 132 valence electrons. The number of methoxy groups -OCH3 is 2. The first-order valence-corrected chi connectivity index (χ1v) is 9.03. The van der Waals surface area contributed by atoms with Crippen molar-refractivity contribution < 1.29 is 27.4 Å². The molecule has 2 aliphatic heterocycles. The predicted octanol–water partition coefficient (Wildman–Crippen LogP) is 0.967. The van der Waals surface area contributed by atoms with Gasteiger partial charge in [-0.15, -0.1) is 0 Å². The maximum absolute atomic E-state index is 12.9. The lowest BCUT2D eigenvalue weighted by Crippen LogP contribution is -2.48. The summed E-state index contributed by atoms with van der Waals surface area (Å²) >= 11 is 0. The molecule has 2 saturated heterocycles. The number of nitrogens with one attached hydrogen (secondary N) is 1. The van der Waals surface area contributed by atoms with Gasteiger partial charge in [0.15, 0.2) is 0 Å². The second-order valence-corrected chi connectivity index (χ2v) is 7.75. The summed E-state index contributed by atoms with van der Waals surface area (Å²) in [5, 5.41) is 2.63. The Bertz CT molecular complexity index is 740. The smallest absolute Gasteiger partial charge is 0.407 e. The van der Waals surface area contributed by atoms with E-state index < -0.39 is 21.7 Å². The minimum atomic E-state index is -3.70. The molecule has 0 unspecified atom stereocenters. The summed E-state index contributed by atoms with van der Waals surface area (Å²) in [5.41, 5.74) is -0.590. The van der Waals surface area contributed by atoms with Gasteiger partial charge in [-0.3, -0.25) is 0 Å². The van der Waals surface area contributed by atoms with Crippen LogP contribution in [0.25, 0.3) is 0 Å². The van der Waals surface area contributed by atoms with Crippen LogP contribution in [-0.2, 0) is 14.8 Å². The monoisotopic (exact) mass is 356 g/mol. The van der Waals surface area contributed by atoms with E-state index >= 15 is 0 Å². The molecule has 2 heterocycles. The topological polar surface area (TPSA) is 94.2 Å². The fraction of sp³-hybridized carbons (Fsp3) is 0.533. The largest absolute Gasteiger partial charge is 0.497 e. The number of rotatable bonds is 4. The van der Waals surface area contributed by atoms with E-state index in [1.54, 1.807) is 12.1 Å². The minimum Gasteiger partial charge on any atom is -0.497 e. The molecule has 0 aliphatic carbocycles. The summed E-state index contributed by atoms with van der Waals surface area (Å²) in [6.45, 7) is 0.991. The molecule has 2 fully saturated rings. The molecule has 2 aliphatic rings. The first kappa shape index (κ1) is 16.8. The molecule has 8 nitrogen and oxygen atoms in total. The SMILES string of the molecule is COc1ccc(S(=O)(=O)N2CCC3(CC2)CNC(=O)O3)c(OC)c1. The fourth-order valence-electron chi connectivity index (χ4n) is 3.04. The van der Waals surface area contributed by atoms with Gasteiger partial charge in [-0.05, 0) is 12.1 Å². The van der Waals surface area contributed by atoms with Crippen LogP contribution in [0.2, 0.25) is 0 Å². The van der Waals surface area contributed by atoms with Crippen LogP contribution in [0.15, 0.2) is 23.1 Å². The normalized spacial score (nSPS) is 20.5.